The smallest absolute Gasteiger partial charge is 0.345 e. The minimum atomic E-state index is -0.852. The van der Waals surface area contributed by atoms with Crippen molar-refractivity contribution in [2.45, 2.75) is 13.0 Å². The molecule has 4 heteroatoms. The Morgan fingerprint density at radius 2 is 2.42 bits per heavy atom. The number of hydrogen-bond donors (Lipinski definition) is 2. The second-order valence-corrected chi connectivity index (χ2v) is 3.47. The quantitative estimate of drug-likeness (QED) is 0.754. The van der Waals surface area contributed by atoms with Crippen LogP contribution in [-0.2, 0) is 0 Å². The summed E-state index contributed by atoms with van der Waals surface area (Å²) in [5.74, 6) is -0.852. The van der Waals surface area contributed by atoms with Gasteiger partial charge in [-0.15, -0.1) is 11.3 Å². The van der Waals surface area contributed by atoms with Gasteiger partial charge in [-0.05, 0) is 31.0 Å². The van der Waals surface area contributed by atoms with Crippen LogP contribution in [0.1, 0.15) is 28.2 Å². The lowest BCUT2D eigenvalue weighted by atomic mass is 10.2. The topological polar surface area (TPSA) is 49.3 Å². The molecule has 1 rings (SSSR count). The number of nitrogens with one attached hydrogen (secondary N) is 1. The van der Waals surface area contributed by atoms with Gasteiger partial charge >= 0.3 is 5.97 Å². The van der Waals surface area contributed by atoms with Gasteiger partial charge in [-0.3, -0.25) is 0 Å². The van der Waals surface area contributed by atoms with Gasteiger partial charge in [0.2, 0.25) is 0 Å². The van der Waals surface area contributed by atoms with Gasteiger partial charge < -0.3 is 10.4 Å². The van der Waals surface area contributed by atoms with E-state index in [9.17, 15) is 4.79 Å². The van der Waals surface area contributed by atoms with Gasteiger partial charge in [0.15, 0.2) is 0 Å². The van der Waals surface area contributed by atoms with Crippen LogP contribution in [0.25, 0.3) is 0 Å². The monoisotopic (exact) mass is 185 g/mol. The van der Waals surface area contributed by atoms with Crippen molar-refractivity contribution < 1.29 is 9.90 Å². The minimum Gasteiger partial charge on any atom is -0.477 e. The Morgan fingerprint density at radius 1 is 1.75 bits per heavy atom. The maximum absolute atomic E-state index is 10.5. The number of carboxylic acids is 1. The zero-order valence-electron chi connectivity index (χ0n) is 7.00. The third-order valence-corrected chi connectivity index (χ3v) is 2.70. The SMILES string of the molecule is CNC(C)c1csc(C(=O)O)c1. The second kappa shape index (κ2) is 3.69. The van der Waals surface area contributed by atoms with Gasteiger partial charge in [-0.25, -0.2) is 4.79 Å². The molecule has 1 aromatic heterocycles. The molecule has 0 aliphatic heterocycles. The molecule has 12 heavy (non-hydrogen) atoms. The predicted octanol–water partition coefficient (Wildman–Crippen LogP) is 1.73. The molecule has 66 valence electrons. The van der Waals surface area contributed by atoms with E-state index in [4.69, 9.17) is 5.11 Å². The van der Waals surface area contributed by atoms with E-state index in [2.05, 4.69) is 5.32 Å². The van der Waals surface area contributed by atoms with E-state index >= 15 is 0 Å². The Kier molecular flexibility index (Phi) is 2.83. The Bertz CT molecular complexity index is 282. The van der Waals surface area contributed by atoms with Gasteiger partial charge in [0.1, 0.15) is 4.88 Å². The normalized spacial score (nSPS) is 12.8. The van der Waals surface area contributed by atoms with E-state index in [0.717, 1.165) is 5.56 Å². The van der Waals surface area contributed by atoms with Crippen molar-refractivity contribution in [2.75, 3.05) is 7.05 Å². The largest absolute Gasteiger partial charge is 0.477 e. The van der Waals surface area contributed by atoms with Gasteiger partial charge in [0.25, 0.3) is 0 Å². The lowest BCUT2D eigenvalue weighted by Gasteiger charge is -2.05. The van der Waals surface area contributed by atoms with Crippen LogP contribution in [0.3, 0.4) is 0 Å². The Labute approximate surface area is 75.0 Å². The van der Waals surface area contributed by atoms with Crippen LogP contribution >= 0.6 is 11.3 Å². The molecule has 0 radical (unpaired) electrons. The minimum absolute atomic E-state index is 0.217. The molecule has 0 amide bonds. The number of rotatable bonds is 3. The van der Waals surface area contributed by atoms with E-state index in [-0.39, 0.29) is 6.04 Å². The summed E-state index contributed by atoms with van der Waals surface area (Å²) >= 11 is 1.26. The first-order valence-corrected chi connectivity index (χ1v) is 4.52. The van der Waals surface area contributed by atoms with Crippen LogP contribution in [0.5, 0.6) is 0 Å². The predicted molar refractivity (Wildman–Crippen MR) is 48.8 cm³/mol. The Balaban J connectivity index is 2.84. The van der Waals surface area contributed by atoms with Crippen LogP contribution < -0.4 is 5.32 Å². The molecule has 1 unspecified atom stereocenters. The highest BCUT2D eigenvalue weighted by molar-refractivity contribution is 7.12. The summed E-state index contributed by atoms with van der Waals surface area (Å²) in [4.78, 5) is 10.9. The summed E-state index contributed by atoms with van der Waals surface area (Å²) in [5.41, 5.74) is 1.03. The van der Waals surface area contributed by atoms with Gasteiger partial charge in [-0.1, -0.05) is 0 Å². The molecule has 1 atom stereocenters. The summed E-state index contributed by atoms with van der Waals surface area (Å²) in [7, 11) is 1.85. The molecule has 2 N–H and O–H groups in total. The summed E-state index contributed by atoms with van der Waals surface area (Å²) in [6.45, 7) is 1.99. The van der Waals surface area contributed by atoms with Gasteiger partial charge in [0, 0.05) is 6.04 Å². The third-order valence-electron chi connectivity index (χ3n) is 1.76. The number of thiophene rings is 1. The highest BCUT2D eigenvalue weighted by atomic mass is 32.1. The number of carboxylic acid groups (broad SMARTS) is 1. The van der Waals surface area contributed by atoms with E-state index in [1.807, 2.05) is 19.4 Å². The first-order valence-electron chi connectivity index (χ1n) is 3.64. The summed E-state index contributed by atoms with van der Waals surface area (Å²) < 4.78 is 0. The number of hydrogen-bond acceptors (Lipinski definition) is 3. The van der Waals surface area contributed by atoms with Crippen molar-refractivity contribution in [3.8, 4) is 0 Å². The van der Waals surface area contributed by atoms with Crippen molar-refractivity contribution in [3.05, 3.63) is 21.9 Å². The van der Waals surface area contributed by atoms with Crippen LogP contribution in [0.2, 0.25) is 0 Å². The van der Waals surface area contributed by atoms with E-state index < -0.39 is 5.97 Å². The van der Waals surface area contributed by atoms with Crippen molar-refractivity contribution in [1.29, 1.82) is 0 Å². The molecule has 1 heterocycles. The van der Waals surface area contributed by atoms with Gasteiger partial charge in [0.05, 0.1) is 0 Å². The second-order valence-electron chi connectivity index (χ2n) is 2.56. The molecule has 3 nitrogen and oxygen atoms in total. The lowest BCUT2D eigenvalue weighted by Crippen LogP contribution is -2.11. The number of carbonyl (C=O) groups is 1. The standard InChI is InChI=1S/C8H11NO2S/c1-5(9-2)6-3-7(8(10)11)12-4-6/h3-5,9H,1-2H3,(H,10,11). The fourth-order valence-corrected chi connectivity index (χ4v) is 1.70. The van der Waals surface area contributed by atoms with E-state index in [0.29, 0.717) is 4.88 Å². The molecule has 0 aliphatic rings. The first-order chi connectivity index (χ1) is 5.65. The van der Waals surface area contributed by atoms with Crippen molar-refractivity contribution in [3.63, 3.8) is 0 Å². The van der Waals surface area contributed by atoms with E-state index in [1.165, 1.54) is 11.3 Å². The molecular weight excluding hydrogens is 174 g/mol. The molecule has 1 aromatic rings. The average molecular weight is 185 g/mol. The van der Waals surface area contributed by atoms with E-state index in [1.54, 1.807) is 6.07 Å². The van der Waals surface area contributed by atoms with Crippen LogP contribution in [0.4, 0.5) is 0 Å². The Morgan fingerprint density at radius 3 is 2.83 bits per heavy atom. The summed E-state index contributed by atoms with van der Waals surface area (Å²) in [5, 5.41) is 13.6. The van der Waals surface area contributed by atoms with Crippen LogP contribution in [-0.4, -0.2) is 18.1 Å². The highest BCUT2D eigenvalue weighted by Crippen LogP contribution is 2.20. The summed E-state index contributed by atoms with van der Waals surface area (Å²) in [6, 6.07) is 1.92. The van der Waals surface area contributed by atoms with Crippen LogP contribution in [0.15, 0.2) is 11.4 Å². The van der Waals surface area contributed by atoms with Crippen molar-refractivity contribution in [2.24, 2.45) is 0 Å². The fraction of sp³-hybridized carbons (Fsp3) is 0.375. The molecule has 0 bridgehead atoms. The molecule has 0 aliphatic carbocycles. The average Bonchev–Trinajstić information content (AvgIpc) is 2.51. The van der Waals surface area contributed by atoms with Gasteiger partial charge in [-0.2, -0.15) is 0 Å². The molecule has 0 fully saturated rings. The zero-order chi connectivity index (χ0) is 9.14. The van der Waals surface area contributed by atoms with Crippen molar-refractivity contribution >= 4 is 17.3 Å². The highest BCUT2D eigenvalue weighted by Gasteiger charge is 2.09. The zero-order valence-corrected chi connectivity index (χ0v) is 7.81. The molecule has 0 saturated carbocycles. The molecular formula is C8H11NO2S. The summed E-state index contributed by atoms with van der Waals surface area (Å²) in [6.07, 6.45) is 0. The maximum Gasteiger partial charge on any atom is 0.345 e. The fourth-order valence-electron chi connectivity index (χ4n) is 0.857. The third kappa shape index (κ3) is 1.84. The van der Waals surface area contributed by atoms with Crippen molar-refractivity contribution in [1.82, 2.24) is 5.32 Å². The first kappa shape index (κ1) is 9.22. The molecule has 0 saturated heterocycles. The number of aromatic carboxylic acids is 1. The lowest BCUT2D eigenvalue weighted by molar-refractivity contribution is 0.0702. The molecule has 0 spiro atoms. The molecule has 0 aromatic carbocycles. The maximum atomic E-state index is 10.5. The Hall–Kier alpha value is -0.870. The van der Waals surface area contributed by atoms with Crippen LogP contribution in [0, 0.1) is 0 Å².